The van der Waals surface area contributed by atoms with Crippen LogP contribution < -0.4 is 14.2 Å². The van der Waals surface area contributed by atoms with Gasteiger partial charge in [0.2, 0.25) is 0 Å². The molecule has 0 bridgehead atoms. The van der Waals surface area contributed by atoms with E-state index in [4.69, 9.17) is 18.9 Å². The predicted molar refractivity (Wildman–Crippen MR) is 121 cm³/mol. The second-order valence-corrected chi connectivity index (χ2v) is 9.11. The van der Waals surface area contributed by atoms with Crippen molar-refractivity contribution in [2.75, 3.05) is 21.3 Å². The van der Waals surface area contributed by atoms with E-state index in [2.05, 4.69) is 0 Å². The summed E-state index contributed by atoms with van der Waals surface area (Å²) in [6, 6.07) is 16.3. The molecular formula is C25H24O7S. The second kappa shape index (κ2) is 7.76. The van der Waals surface area contributed by atoms with Crippen LogP contribution in [-0.2, 0) is 20.7 Å². The van der Waals surface area contributed by atoms with E-state index in [9.17, 15) is 15.0 Å². The van der Waals surface area contributed by atoms with Crippen molar-refractivity contribution in [1.82, 2.24) is 0 Å². The molecule has 2 aliphatic rings. The van der Waals surface area contributed by atoms with Gasteiger partial charge in [-0.05, 0) is 17.0 Å². The number of aliphatic hydroxyl groups is 2. The molecule has 8 heteroatoms. The number of carbonyl (C=O) groups excluding carboxylic acids is 1. The molecule has 3 aromatic rings. The van der Waals surface area contributed by atoms with Crippen LogP contribution in [-0.4, -0.2) is 43.6 Å². The maximum Gasteiger partial charge on any atom is 0.312 e. The highest BCUT2D eigenvalue weighted by atomic mass is 32.1. The van der Waals surface area contributed by atoms with Crippen LogP contribution in [0.1, 0.15) is 21.9 Å². The number of rotatable bonds is 5. The summed E-state index contributed by atoms with van der Waals surface area (Å²) in [7, 11) is 4.26. The molecular weight excluding hydrogens is 444 g/mol. The zero-order valence-corrected chi connectivity index (χ0v) is 19.2. The minimum atomic E-state index is -2.01. The number of thiophene rings is 1. The summed E-state index contributed by atoms with van der Waals surface area (Å²) in [6.07, 6.45) is -1.54. The Kier molecular flexibility index (Phi) is 5.12. The van der Waals surface area contributed by atoms with Crippen molar-refractivity contribution in [3.05, 3.63) is 76.0 Å². The molecule has 0 unspecified atom stereocenters. The molecule has 5 atom stereocenters. The van der Waals surface area contributed by atoms with Gasteiger partial charge in [0, 0.05) is 18.1 Å². The maximum atomic E-state index is 13.1. The van der Waals surface area contributed by atoms with Gasteiger partial charge in [0.15, 0.2) is 11.2 Å². The van der Waals surface area contributed by atoms with E-state index in [1.165, 1.54) is 32.7 Å². The number of esters is 1. The molecule has 33 heavy (non-hydrogen) atoms. The van der Waals surface area contributed by atoms with Crippen molar-refractivity contribution in [2.45, 2.75) is 23.2 Å². The Morgan fingerprint density at radius 2 is 1.82 bits per heavy atom. The fourth-order valence-corrected chi connectivity index (χ4v) is 6.45. The first-order valence-electron chi connectivity index (χ1n) is 10.5. The first kappa shape index (κ1) is 21.8. The molecule has 7 nitrogen and oxygen atoms in total. The third-order valence-corrected chi connectivity index (χ3v) is 7.78. The fourth-order valence-electron chi connectivity index (χ4n) is 5.49. The van der Waals surface area contributed by atoms with Gasteiger partial charge < -0.3 is 29.2 Å². The SMILES string of the molecule is COC(=O)[C@H]1[C@@H](O)[C@@]2(O)c3c(OC)cc(OC)cc3O[C@@]2(c2cccs2)[C@@H]1c1ccccc1. The Morgan fingerprint density at radius 3 is 2.42 bits per heavy atom. The summed E-state index contributed by atoms with van der Waals surface area (Å²) < 4.78 is 22.7. The zero-order chi connectivity index (χ0) is 23.4. The third-order valence-electron chi connectivity index (χ3n) is 6.80. The van der Waals surface area contributed by atoms with Gasteiger partial charge in [0.05, 0.1) is 37.7 Å². The number of hydrogen-bond donors (Lipinski definition) is 2. The van der Waals surface area contributed by atoms with Gasteiger partial charge in [0.25, 0.3) is 0 Å². The fraction of sp³-hybridized carbons (Fsp3) is 0.320. The Balaban J connectivity index is 1.88. The maximum absolute atomic E-state index is 13.1. The lowest BCUT2D eigenvalue weighted by molar-refractivity contribution is -0.160. The molecule has 0 spiro atoms. The van der Waals surface area contributed by atoms with Crippen molar-refractivity contribution >= 4 is 17.3 Å². The summed E-state index contributed by atoms with van der Waals surface area (Å²) in [5.41, 5.74) is -2.51. The lowest BCUT2D eigenvalue weighted by atomic mass is 9.73. The first-order valence-corrected chi connectivity index (χ1v) is 11.3. The van der Waals surface area contributed by atoms with Crippen LogP contribution in [0.5, 0.6) is 17.2 Å². The van der Waals surface area contributed by atoms with Crippen molar-refractivity contribution in [3.63, 3.8) is 0 Å². The van der Waals surface area contributed by atoms with Gasteiger partial charge in [0.1, 0.15) is 23.4 Å². The number of hydrogen-bond acceptors (Lipinski definition) is 8. The minimum absolute atomic E-state index is 0.277. The van der Waals surface area contributed by atoms with E-state index in [-0.39, 0.29) is 5.56 Å². The van der Waals surface area contributed by atoms with E-state index in [0.717, 1.165) is 5.56 Å². The minimum Gasteiger partial charge on any atom is -0.496 e. The van der Waals surface area contributed by atoms with Gasteiger partial charge in [-0.2, -0.15) is 0 Å². The molecule has 0 amide bonds. The Morgan fingerprint density at radius 1 is 1.06 bits per heavy atom. The Labute approximate surface area is 195 Å². The number of benzene rings is 2. The van der Waals surface area contributed by atoms with Crippen molar-refractivity contribution in [3.8, 4) is 17.2 Å². The number of fused-ring (bicyclic) bond motifs is 3. The molecule has 2 aromatic carbocycles. The van der Waals surface area contributed by atoms with Crippen molar-refractivity contribution in [1.29, 1.82) is 0 Å². The lowest BCUT2D eigenvalue weighted by Gasteiger charge is -2.39. The van der Waals surface area contributed by atoms with Crippen LogP contribution in [0.2, 0.25) is 0 Å². The summed E-state index contributed by atoms with van der Waals surface area (Å²) in [5.74, 6) is -1.39. The molecule has 1 fully saturated rings. The summed E-state index contributed by atoms with van der Waals surface area (Å²) >= 11 is 1.38. The summed E-state index contributed by atoms with van der Waals surface area (Å²) in [5, 5.41) is 26.1. The molecule has 1 aliphatic heterocycles. The highest BCUT2D eigenvalue weighted by Gasteiger charge is 2.78. The van der Waals surface area contributed by atoms with Gasteiger partial charge in [-0.3, -0.25) is 4.79 Å². The van der Waals surface area contributed by atoms with Crippen LogP contribution in [0.15, 0.2) is 60.0 Å². The quantitative estimate of drug-likeness (QED) is 0.556. The van der Waals surface area contributed by atoms with Gasteiger partial charge in [-0.25, -0.2) is 0 Å². The highest BCUT2D eigenvalue weighted by molar-refractivity contribution is 7.10. The number of aliphatic hydroxyl groups excluding tert-OH is 1. The zero-order valence-electron chi connectivity index (χ0n) is 18.3. The molecule has 2 N–H and O–H groups in total. The molecule has 5 rings (SSSR count). The van der Waals surface area contributed by atoms with E-state index in [1.54, 1.807) is 12.1 Å². The van der Waals surface area contributed by atoms with Gasteiger partial charge >= 0.3 is 5.97 Å². The van der Waals surface area contributed by atoms with E-state index in [0.29, 0.717) is 22.1 Å². The first-order chi connectivity index (χ1) is 15.9. The Hall–Kier alpha value is -3.07. The smallest absolute Gasteiger partial charge is 0.312 e. The molecule has 1 saturated carbocycles. The molecule has 1 aromatic heterocycles. The van der Waals surface area contributed by atoms with Crippen LogP contribution in [0.25, 0.3) is 0 Å². The topological polar surface area (TPSA) is 94.5 Å². The van der Waals surface area contributed by atoms with Crippen LogP contribution >= 0.6 is 11.3 Å². The van der Waals surface area contributed by atoms with Crippen molar-refractivity contribution in [2.24, 2.45) is 5.92 Å². The number of ether oxygens (including phenoxy) is 4. The third kappa shape index (κ3) is 2.71. The largest absolute Gasteiger partial charge is 0.496 e. The van der Waals surface area contributed by atoms with Crippen LogP contribution in [0.4, 0.5) is 0 Å². The standard InChI is InChI=1S/C25H24O7S/c1-29-15-12-16(30-2)21-17(13-15)32-25(18-10-7-11-33-18)20(14-8-5-4-6-9-14)19(23(27)31-3)22(26)24(21,25)28/h4-13,19-20,22,26,28H,1-3H3/t19-,20-,22-,24+,25+/m1/s1. The lowest BCUT2D eigenvalue weighted by Crippen LogP contribution is -2.51. The highest BCUT2D eigenvalue weighted by Crippen LogP contribution is 2.70. The molecule has 1 aliphatic carbocycles. The van der Waals surface area contributed by atoms with Crippen LogP contribution in [0.3, 0.4) is 0 Å². The summed E-state index contributed by atoms with van der Waals surface area (Å²) in [4.78, 5) is 13.7. The summed E-state index contributed by atoms with van der Waals surface area (Å²) in [6.45, 7) is 0. The average Bonchev–Trinajstić information content (AvgIpc) is 3.51. The number of carbonyl (C=O) groups is 1. The van der Waals surface area contributed by atoms with E-state index >= 15 is 0 Å². The van der Waals surface area contributed by atoms with Crippen LogP contribution in [0, 0.1) is 5.92 Å². The van der Waals surface area contributed by atoms with E-state index < -0.39 is 35.1 Å². The monoisotopic (exact) mass is 468 g/mol. The molecule has 2 heterocycles. The average molecular weight is 469 g/mol. The van der Waals surface area contributed by atoms with Crippen molar-refractivity contribution < 1.29 is 34.0 Å². The molecule has 0 radical (unpaired) electrons. The van der Waals surface area contributed by atoms with E-state index in [1.807, 2.05) is 47.8 Å². The second-order valence-electron chi connectivity index (χ2n) is 8.17. The molecule has 0 saturated heterocycles. The Bertz CT molecular complexity index is 1180. The van der Waals surface area contributed by atoms with Gasteiger partial charge in [-0.15, -0.1) is 11.3 Å². The van der Waals surface area contributed by atoms with Gasteiger partial charge in [-0.1, -0.05) is 36.4 Å². The molecule has 172 valence electrons. The normalized spacial score (nSPS) is 29.7. The number of methoxy groups -OCH3 is 3. The predicted octanol–water partition coefficient (Wildman–Crippen LogP) is 3.19.